The van der Waals surface area contributed by atoms with Gasteiger partial charge in [0, 0.05) is 0 Å². The molecule has 1 saturated carbocycles. The van der Waals surface area contributed by atoms with Gasteiger partial charge in [-0.1, -0.05) is 30.3 Å². The second kappa shape index (κ2) is 12.2. The summed E-state index contributed by atoms with van der Waals surface area (Å²) < 4.78 is 13.4. The first-order valence-corrected chi connectivity index (χ1v) is 16.6. The minimum absolute atomic E-state index is 0.0728. The van der Waals surface area contributed by atoms with Crippen LogP contribution in [0.2, 0.25) is 0 Å². The van der Waals surface area contributed by atoms with Crippen molar-refractivity contribution in [2.24, 2.45) is 3.21 Å². The summed E-state index contributed by atoms with van der Waals surface area (Å²) in [5.41, 5.74) is 4.20. The molecule has 1 amide bonds. The normalized spacial score (nSPS) is 19.9. The molecule has 190 valence electrons. The van der Waals surface area contributed by atoms with Gasteiger partial charge in [-0.3, -0.25) is 0 Å². The average molecular weight is 598 g/mol. The molecule has 2 aromatic rings. The molecular weight excluding hydrogens is 561 g/mol. The number of nitrogens with zero attached hydrogens (tertiary/aromatic N) is 1. The van der Waals surface area contributed by atoms with Crippen LogP contribution < -0.4 is 10.1 Å². The van der Waals surface area contributed by atoms with E-state index in [1.807, 2.05) is 54.6 Å². The fourth-order valence-corrected chi connectivity index (χ4v) is 12.3. The Labute approximate surface area is 222 Å². The number of carbonyl (C=O) groups excluding carboxylic acids is 1. The van der Waals surface area contributed by atoms with Gasteiger partial charge in [0.1, 0.15) is 0 Å². The van der Waals surface area contributed by atoms with E-state index < -0.39 is 20.1 Å². The third-order valence-corrected chi connectivity index (χ3v) is 13.7. The van der Waals surface area contributed by atoms with E-state index in [9.17, 15) is 4.79 Å². The van der Waals surface area contributed by atoms with E-state index in [1.165, 1.54) is 50.3 Å². The van der Waals surface area contributed by atoms with Crippen molar-refractivity contribution >= 4 is 37.9 Å². The Kier molecular flexibility index (Phi) is 8.51. The van der Waals surface area contributed by atoms with Gasteiger partial charge in [-0.15, -0.1) is 0 Å². The first kappa shape index (κ1) is 25.2. The minimum atomic E-state index is -1.65. The first-order chi connectivity index (χ1) is 17.7. The van der Waals surface area contributed by atoms with E-state index in [2.05, 4.69) is 5.32 Å². The molecule has 0 bridgehead atoms. The van der Waals surface area contributed by atoms with Crippen LogP contribution in [-0.2, 0) is 17.8 Å². The fourth-order valence-electron chi connectivity index (χ4n) is 5.32. The monoisotopic (exact) mass is 597 g/mol. The Morgan fingerprint density at radius 1 is 1.00 bits per heavy atom. The predicted molar refractivity (Wildman–Crippen MR) is 155 cm³/mol. The Morgan fingerprint density at radius 2 is 1.75 bits per heavy atom. The number of nitrogens with one attached hydrogen (secondary N) is 2. The fraction of sp³-hybridized carbons (Fsp3) is 0.433. The van der Waals surface area contributed by atoms with Crippen LogP contribution >= 0.6 is 20.1 Å². The van der Waals surface area contributed by atoms with E-state index in [0.717, 1.165) is 45.8 Å². The number of benzene rings is 2. The molecule has 2 aliphatic carbocycles. The van der Waals surface area contributed by atoms with Crippen LogP contribution in [0.4, 0.5) is 0 Å². The van der Waals surface area contributed by atoms with Crippen molar-refractivity contribution in [2.45, 2.75) is 80.8 Å². The zero-order valence-corrected chi connectivity index (χ0v) is 23.0. The Hall–Kier alpha value is -2.48. The number of hydrogen-bond donors (Lipinski definition) is 2. The van der Waals surface area contributed by atoms with Gasteiger partial charge >= 0.3 is 187 Å². The van der Waals surface area contributed by atoms with Crippen molar-refractivity contribution in [3.8, 4) is 5.75 Å². The summed E-state index contributed by atoms with van der Waals surface area (Å²) in [4.78, 5) is 13.4. The molecule has 2 N–H and O–H groups in total. The molecule has 0 aromatic heterocycles. The molecular formula is C30H36IN3O2. The molecule has 2 aromatic carbocycles. The number of carbonyl (C=O) groups is 1. The molecule has 0 saturated heterocycles. The number of amides is 1. The van der Waals surface area contributed by atoms with E-state index in [4.69, 9.17) is 13.4 Å². The molecule has 1 atom stereocenters. The third-order valence-electron chi connectivity index (χ3n) is 7.28. The maximum atomic E-state index is 13.4. The summed E-state index contributed by atoms with van der Waals surface area (Å²) in [5.74, 6) is 0.741. The standard InChI is InChI=1S/C30H36IN3O2/c32-20-25(19-22-15-17-26(18-16-22)36-21-23-9-3-1-4-10-23)33-30(35)29-27-13-7-8-14-28(27)31(34-29)24-11-5-2-6-12-24/h1,3-4,9-10,15-18,20,24-25,32H,2,5-8,11-14,19,21H2,(H,33,35). The molecule has 6 heteroatoms. The van der Waals surface area contributed by atoms with Crippen LogP contribution in [-0.4, -0.2) is 27.8 Å². The molecule has 3 aliphatic rings. The molecule has 1 heterocycles. The van der Waals surface area contributed by atoms with E-state index >= 15 is 0 Å². The zero-order valence-electron chi connectivity index (χ0n) is 20.8. The van der Waals surface area contributed by atoms with Crippen LogP contribution in [0.25, 0.3) is 0 Å². The topological polar surface area (TPSA) is 74.5 Å². The zero-order chi connectivity index (χ0) is 24.7. The summed E-state index contributed by atoms with van der Waals surface area (Å²) in [5, 5.41) is 11.1. The Morgan fingerprint density at radius 3 is 2.50 bits per heavy atom. The second-order valence-corrected chi connectivity index (χ2v) is 15.1. The first-order valence-electron chi connectivity index (χ1n) is 13.3. The van der Waals surface area contributed by atoms with Gasteiger partial charge in [0.15, 0.2) is 0 Å². The van der Waals surface area contributed by atoms with Gasteiger partial charge < -0.3 is 0 Å². The summed E-state index contributed by atoms with van der Waals surface area (Å²) >= 11 is -1.65. The number of rotatable bonds is 9. The van der Waals surface area contributed by atoms with Crippen molar-refractivity contribution in [1.29, 1.82) is 5.41 Å². The second-order valence-electron chi connectivity index (χ2n) is 9.92. The van der Waals surface area contributed by atoms with Gasteiger partial charge in [0.2, 0.25) is 0 Å². The summed E-state index contributed by atoms with van der Waals surface area (Å²) in [6, 6.07) is 17.7. The molecule has 5 rings (SSSR count). The Balaban J connectivity index is 1.21. The number of hydrogen-bond acceptors (Lipinski definition) is 4. The van der Waals surface area contributed by atoms with Gasteiger partial charge in [-0.2, -0.15) is 0 Å². The molecule has 1 aliphatic heterocycles. The predicted octanol–water partition coefficient (Wildman–Crippen LogP) is 6.98. The summed E-state index contributed by atoms with van der Waals surface area (Å²) in [7, 11) is 0. The molecule has 36 heavy (non-hydrogen) atoms. The number of halogens is 1. The SMILES string of the molecule is N=CC(Cc1ccc(OCc2ccccc2)cc1)NC(=O)C1=NI(C2CCCCC2)C2=C1CCCC2. The van der Waals surface area contributed by atoms with Crippen molar-refractivity contribution in [3.63, 3.8) is 0 Å². The van der Waals surface area contributed by atoms with Gasteiger partial charge in [0.25, 0.3) is 0 Å². The van der Waals surface area contributed by atoms with Crippen molar-refractivity contribution in [1.82, 2.24) is 5.32 Å². The van der Waals surface area contributed by atoms with Crippen LogP contribution in [0.15, 0.2) is 67.0 Å². The van der Waals surface area contributed by atoms with E-state index in [0.29, 0.717) is 13.0 Å². The molecule has 5 nitrogen and oxygen atoms in total. The van der Waals surface area contributed by atoms with Crippen molar-refractivity contribution in [2.75, 3.05) is 0 Å². The van der Waals surface area contributed by atoms with E-state index in [1.54, 1.807) is 3.58 Å². The van der Waals surface area contributed by atoms with Crippen LogP contribution in [0.5, 0.6) is 5.75 Å². The number of allylic oxidation sites excluding steroid dienone is 1. The van der Waals surface area contributed by atoms with Crippen molar-refractivity contribution < 1.29 is 9.53 Å². The number of ether oxygens (including phenoxy) is 1. The molecule has 1 fully saturated rings. The average Bonchev–Trinajstić information content (AvgIpc) is 3.33. The third kappa shape index (κ3) is 6.07. The van der Waals surface area contributed by atoms with Crippen LogP contribution in [0.1, 0.15) is 68.9 Å². The van der Waals surface area contributed by atoms with Crippen LogP contribution in [0, 0.1) is 5.41 Å². The van der Waals surface area contributed by atoms with Crippen molar-refractivity contribution in [3.05, 3.63) is 74.9 Å². The number of alkyl halides is 1. The maximum absolute atomic E-state index is 13.4. The quantitative estimate of drug-likeness (QED) is 0.186. The van der Waals surface area contributed by atoms with E-state index in [-0.39, 0.29) is 11.9 Å². The Bertz CT molecular complexity index is 1120. The molecule has 0 radical (unpaired) electrons. The summed E-state index contributed by atoms with van der Waals surface area (Å²) in [6.45, 7) is 0.533. The molecule has 0 spiro atoms. The molecule has 1 unspecified atom stereocenters. The van der Waals surface area contributed by atoms with Gasteiger partial charge in [0.05, 0.1) is 0 Å². The summed E-state index contributed by atoms with van der Waals surface area (Å²) in [6.07, 6.45) is 13.1. The van der Waals surface area contributed by atoms with Gasteiger partial charge in [-0.25, -0.2) is 0 Å². The van der Waals surface area contributed by atoms with Crippen LogP contribution in [0.3, 0.4) is 0 Å². The van der Waals surface area contributed by atoms with Gasteiger partial charge in [-0.05, 0) is 5.56 Å².